The van der Waals surface area contributed by atoms with Crippen LogP contribution in [0.3, 0.4) is 0 Å². The van der Waals surface area contributed by atoms with Gasteiger partial charge in [-0.25, -0.2) is 9.59 Å². The van der Waals surface area contributed by atoms with E-state index in [2.05, 4.69) is 16.0 Å². The summed E-state index contributed by atoms with van der Waals surface area (Å²) in [4.78, 5) is 55.8. The fourth-order valence-corrected chi connectivity index (χ4v) is 2.25. The van der Waals surface area contributed by atoms with E-state index >= 15 is 0 Å². The van der Waals surface area contributed by atoms with Crippen LogP contribution in [0.25, 0.3) is 0 Å². The number of nitrogens with zero attached hydrogens (tertiary/aromatic N) is 2. The zero-order valence-electron chi connectivity index (χ0n) is 23.4. The maximum atomic E-state index is 12.3. The van der Waals surface area contributed by atoms with Crippen LogP contribution in [0.1, 0.15) is 10.4 Å². The molecule has 0 unspecified atom stereocenters. The summed E-state index contributed by atoms with van der Waals surface area (Å²) in [6, 6.07) is 11.4. The van der Waals surface area contributed by atoms with E-state index in [0.717, 1.165) is 0 Å². The summed E-state index contributed by atoms with van der Waals surface area (Å²) >= 11 is 0. The third kappa shape index (κ3) is 14.3. The van der Waals surface area contributed by atoms with Crippen LogP contribution in [0.5, 0.6) is 0 Å². The van der Waals surface area contributed by atoms with E-state index in [0.29, 0.717) is 0 Å². The van der Waals surface area contributed by atoms with Crippen molar-refractivity contribution in [3.8, 4) is 0 Å². The van der Waals surface area contributed by atoms with E-state index in [4.69, 9.17) is 40.9 Å². The molecule has 2 rings (SSSR count). The number of benzene rings is 2. The molecule has 18 nitrogen and oxygen atoms in total. The Morgan fingerprint density at radius 1 is 0.558 bits per heavy atom. The zero-order chi connectivity index (χ0) is 33.2. The largest absolute Gasteiger partial charge is 0.474 e. The van der Waals surface area contributed by atoms with Crippen LogP contribution in [0.2, 0.25) is 0 Å². The Labute approximate surface area is 245 Å². The van der Waals surface area contributed by atoms with Crippen molar-refractivity contribution in [2.45, 2.75) is 0 Å². The van der Waals surface area contributed by atoms with Gasteiger partial charge in [0.05, 0.1) is 14.1 Å². The van der Waals surface area contributed by atoms with Gasteiger partial charge in [0.15, 0.2) is 40.4 Å². The number of nitrogens with one attached hydrogen (secondary N) is 3. The van der Waals surface area contributed by atoms with E-state index < -0.39 is 29.7 Å². The number of carboxylic acids is 2. The van der Waals surface area contributed by atoms with Crippen molar-refractivity contribution in [1.29, 1.82) is 0 Å². The lowest BCUT2D eigenvalue weighted by atomic mass is 10.1. The van der Waals surface area contributed by atoms with Crippen molar-refractivity contribution in [2.75, 3.05) is 70.4 Å². The van der Waals surface area contributed by atoms with Crippen molar-refractivity contribution in [1.82, 2.24) is 0 Å². The van der Waals surface area contributed by atoms with Crippen LogP contribution in [0, 0.1) is 0 Å². The second-order valence-electron chi connectivity index (χ2n) is 9.22. The highest BCUT2D eigenvalue weighted by atomic mass is 16.4. The molecule has 0 aliphatic carbocycles. The molecule has 0 saturated heterocycles. The van der Waals surface area contributed by atoms with Gasteiger partial charge in [-0.15, -0.1) is 0 Å². The van der Waals surface area contributed by atoms with Crippen LogP contribution in [0.4, 0.5) is 17.1 Å². The highest BCUT2D eigenvalue weighted by molar-refractivity contribution is 6.37. The molecule has 0 bridgehead atoms. The minimum Gasteiger partial charge on any atom is -0.474 e. The smallest absolute Gasteiger partial charge is 0.394 e. The molecular weight excluding hydrogens is 578 g/mol. The van der Waals surface area contributed by atoms with Gasteiger partial charge in [0, 0.05) is 22.6 Å². The molecule has 2 aromatic rings. The van der Waals surface area contributed by atoms with Gasteiger partial charge in [-0.05, 0) is 36.4 Å². The molecule has 0 aliphatic rings. The number of hydrogen-bond acceptors (Lipinski definition) is 11. The summed E-state index contributed by atoms with van der Waals surface area (Å²) in [7, 11) is 3.08. The average molecular weight is 616 g/mol. The molecule has 11 N–H and O–H groups in total. The van der Waals surface area contributed by atoms with Gasteiger partial charge in [0.25, 0.3) is 5.91 Å². The average Bonchev–Trinajstić information content (AvgIpc) is 3.01. The Hall–Kier alpha value is -4.53. The third-order valence-electron chi connectivity index (χ3n) is 5.20. The molecule has 0 heterocycles. The number of aliphatic hydroxyl groups excluding tert-OH is 6. The molecule has 0 spiro atoms. The van der Waals surface area contributed by atoms with E-state index in [-0.39, 0.29) is 72.0 Å². The molecule has 0 aromatic heterocycles. The quantitative estimate of drug-likeness (QED) is 0.0753. The van der Waals surface area contributed by atoms with Crippen LogP contribution in [-0.4, -0.2) is 134 Å². The Balaban J connectivity index is 0.000000903. The standard InChI is InChI=1S/C17H13N3O7.2C4H12NO3/c21-13(9-3-1-4-10(7-9)19-14(22)16(24)25)18-11-5-2-6-12(8-11)20-15(23)17(26)27;2*1-5(2-6,3-7)4-8/h1-8H,(H,18,21)(H,19,22)(H,20,23)(H,24,25)(H,26,27);2*6-8H,2-4H2,1H3/q;2*+1. The number of aliphatic carboxylic acids is 2. The van der Waals surface area contributed by atoms with Gasteiger partial charge >= 0.3 is 23.8 Å². The molecule has 0 fully saturated rings. The van der Waals surface area contributed by atoms with E-state index in [1.165, 1.54) is 48.5 Å². The van der Waals surface area contributed by atoms with Crippen LogP contribution < -0.4 is 16.0 Å². The van der Waals surface area contributed by atoms with Crippen LogP contribution in [-0.2, 0) is 19.2 Å². The SMILES string of the molecule is C[N+](CO)(CO)CO.C[N+](CO)(CO)CO.O=C(O)C(=O)Nc1cccc(NC(=O)c2cccc(NC(=O)C(=O)O)c2)c1. The lowest BCUT2D eigenvalue weighted by Crippen LogP contribution is -2.46. The molecule has 43 heavy (non-hydrogen) atoms. The Bertz CT molecular complexity index is 1200. The highest BCUT2D eigenvalue weighted by Gasteiger charge is 2.17. The first-order chi connectivity index (χ1) is 20.1. The number of carbonyl (C=O) groups is 5. The first-order valence-corrected chi connectivity index (χ1v) is 12.0. The monoisotopic (exact) mass is 615 g/mol. The van der Waals surface area contributed by atoms with Gasteiger partial charge in [-0.2, -0.15) is 0 Å². The number of carbonyl (C=O) groups excluding carboxylic acids is 3. The first kappa shape index (κ1) is 38.5. The first-order valence-electron chi connectivity index (χ1n) is 12.0. The Morgan fingerprint density at radius 3 is 1.21 bits per heavy atom. The van der Waals surface area contributed by atoms with Crippen molar-refractivity contribution >= 4 is 46.7 Å². The van der Waals surface area contributed by atoms with Gasteiger partial charge in [0.2, 0.25) is 0 Å². The predicted molar refractivity (Wildman–Crippen MR) is 148 cm³/mol. The summed E-state index contributed by atoms with van der Waals surface area (Å²) < 4.78 is -0.250. The lowest BCUT2D eigenvalue weighted by molar-refractivity contribution is -0.960. The molecule has 3 amide bonds. The maximum absolute atomic E-state index is 12.3. The summed E-state index contributed by atoms with van der Waals surface area (Å²) in [5.41, 5.74) is 0.710. The second kappa shape index (κ2) is 18.8. The van der Waals surface area contributed by atoms with Gasteiger partial charge in [0.1, 0.15) is 0 Å². The highest BCUT2D eigenvalue weighted by Crippen LogP contribution is 2.17. The van der Waals surface area contributed by atoms with Crippen molar-refractivity contribution in [3.05, 3.63) is 54.1 Å². The van der Waals surface area contributed by atoms with Gasteiger partial charge in [-0.3, -0.25) is 23.3 Å². The molecule has 2 aromatic carbocycles. The fraction of sp³-hybridized carbons (Fsp3) is 0.320. The molecule has 0 aliphatic heterocycles. The molecular formula is C25H37N5O13+2. The zero-order valence-corrected chi connectivity index (χ0v) is 23.4. The summed E-state index contributed by atoms with van der Waals surface area (Å²) in [5.74, 6) is -6.34. The van der Waals surface area contributed by atoms with E-state index in [9.17, 15) is 24.0 Å². The molecule has 18 heteroatoms. The van der Waals surface area contributed by atoms with Crippen molar-refractivity contribution in [2.24, 2.45) is 0 Å². The summed E-state index contributed by atoms with van der Waals surface area (Å²) in [5, 5.41) is 74.6. The third-order valence-corrected chi connectivity index (χ3v) is 5.20. The summed E-state index contributed by atoms with van der Waals surface area (Å²) in [6.45, 7) is -1.46. The molecule has 0 saturated carbocycles. The Morgan fingerprint density at radius 2 is 0.884 bits per heavy atom. The summed E-state index contributed by atoms with van der Waals surface area (Å²) in [6.07, 6.45) is 0. The van der Waals surface area contributed by atoms with Crippen LogP contribution >= 0.6 is 0 Å². The van der Waals surface area contributed by atoms with Crippen molar-refractivity contribution in [3.63, 3.8) is 0 Å². The molecule has 0 radical (unpaired) electrons. The molecule has 238 valence electrons. The number of amides is 3. The van der Waals surface area contributed by atoms with Crippen molar-refractivity contribution < 1.29 is 73.8 Å². The van der Waals surface area contributed by atoms with Gasteiger partial charge in [-0.1, -0.05) is 12.1 Å². The fourth-order valence-electron chi connectivity index (χ4n) is 2.25. The topological polar surface area (TPSA) is 283 Å². The number of rotatable bonds is 10. The predicted octanol–water partition coefficient (Wildman–Crippen LogP) is -2.45. The molecule has 0 atom stereocenters. The lowest BCUT2D eigenvalue weighted by Gasteiger charge is -2.25. The number of anilines is 3. The number of quaternary nitrogens is 2. The van der Waals surface area contributed by atoms with E-state index in [1.54, 1.807) is 14.1 Å². The Kier molecular flexibility index (Phi) is 16.8. The number of aliphatic hydroxyl groups is 6. The van der Waals surface area contributed by atoms with Gasteiger partial charge < -0.3 is 56.8 Å². The number of carboxylic acid groups (broad SMARTS) is 2. The van der Waals surface area contributed by atoms with E-state index in [1.807, 2.05) is 0 Å². The minimum atomic E-state index is -1.66. The van der Waals surface area contributed by atoms with Crippen LogP contribution in [0.15, 0.2) is 48.5 Å². The second-order valence-corrected chi connectivity index (χ2v) is 9.22. The minimum absolute atomic E-state index is 0.123. The normalized spacial score (nSPS) is 10.6. The maximum Gasteiger partial charge on any atom is 0.394 e. The number of hydrogen-bond donors (Lipinski definition) is 11.